The number of hydrogen-bond donors (Lipinski definition) is 1. The van der Waals surface area contributed by atoms with Gasteiger partial charge in [0.1, 0.15) is 5.82 Å². The van der Waals surface area contributed by atoms with Crippen molar-refractivity contribution in [2.45, 2.75) is 32.9 Å². The van der Waals surface area contributed by atoms with Gasteiger partial charge in [0.15, 0.2) is 0 Å². The Labute approximate surface area is 78.4 Å². The highest BCUT2D eigenvalue weighted by atomic mass is 16.3. The van der Waals surface area contributed by atoms with Gasteiger partial charge in [0.05, 0.1) is 12.6 Å². The molecule has 2 rings (SSSR count). The van der Waals surface area contributed by atoms with Crippen molar-refractivity contribution in [2.24, 2.45) is 11.8 Å². The van der Waals surface area contributed by atoms with Gasteiger partial charge in [-0.3, -0.25) is 0 Å². The van der Waals surface area contributed by atoms with E-state index in [1.54, 1.807) is 0 Å². The van der Waals surface area contributed by atoms with E-state index in [1.807, 2.05) is 17.0 Å². The fourth-order valence-electron chi connectivity index (χ4n) is 2.06. The maximum Gasteiger partial charge on any atom is 0.109 e. The molecule has 0 spiro atoms. The molecule has 0 aliphatic carbocycles. The zero-order valence-electron chi connectivity index (χ0n) is 8.14. The van der Waals surface area contributed by atoms with Crippen molar-refractivity contribution in [2.75, 3.05) is 0 Å². The first-order valence-electron chi connectivity index (χ1n) is 4.86. The highest BCUT2D eigenvalue weighted by molar-refractivity contribution is 5.00. The molecular formula is C10H16N2O. The Balaban J connectivity index is 2.22. The number of imidazole rings is 1. The third-order valence-electron chi connectivity index (χ3n) is 2.95. The molecule has 0 fully saturated rings. The molecule has 1 aromatic rings. The number of hydrogen-bond acceptors (Lipinski definition) is 2. The van der Waals surface area contributed by atoms with E-state index in [0.717, 1.165) is 12.2 Å². The summed E-state index contributed by atoms with van der Waals surface area (Å²) < 4.78 is 2.05. The molecule has 0 saturated heterocycles. The molecule has 0 aromatic carbocycles. The average Bonchev–Trinajstić information content (AvgIpc) is 2.48. The fourth-order valence-corrected chi connectivity index (χ4v) is 2.06. The Morgan fingerprint density at radius 1 is 1.62 bits per heavy atom. The third-order valence-corrected chi connectivity index (χ3v) is 2.95. The van der Waals surface area contributed by atoms with Gasteiger partial charge in [-0.2, -0.15) is 0 Å². The molecule has 3 nitrogen and oxygen atoms in total. The number of aliphatic hydroxyl groups is 1. The summed E-state index contributed by atoms with van der Waals surface area (Å²) in [7, 11) is 0. The van der Waals surface area contributed by atoms with Crippen LogP contribution < -0.4 is 0 Å². The predicted molar refractivity (Wildman–Crippen MR) is 50.3 cm³/mol. The van der Waals surface area contributed by atoms with Crippen molar-refractivity contribution in [3.8, 4) is 0 Å². The van der Waals surface area contributed by atoms with Crippen molar-refractivity contribution in [3.63, 3.8) is 0 Å². The van der Waals surface area contributed by atoms with Crippen LogP contribution in [0.15, 0.2) is 12.4 Å². The molecule has 72 valence electrons. The van der Waals surface area contributed by atoms with Gasteiger partial charge in [-0.25, -0.2) is 4.98 Å². The van der Waals surface area contributed by atoms with E-state index in [0.29, 0.717) is 18.4 Å². The summed E-state index contributed by atoms with van der Waals surface area (Å²) in [6, 6.07) is 0. The largest absolute Gasteiger partial charge is 0.391 e. The Morgan fingerprint density at radius 3 is 3.08 bits per heavy atom. The molecule has 1 aliphatic rings. The number of aromatic nitrogens is 2. The van der Waals surface area contributed by atoms with E-state index in [4.69, 9.17) is 0 Å². The van der Waals surface area contributed by atoms with Gasteiger partial charge in [0.2, 0.25) is 0 Å². The normalized spacial score (nSPS) is 27.7. The molecule has 2 unspecified atom stereocenters. The van der Waals surface area contributed by atoms with E-state index in [9.17, 15) is 5.11 Å². The van der Waals surface area contributed by atoms with Crippen LogP contribution in [0.4, 0.5) is 0 Å². The van der Waals surface area contributed by atoms with E-state index >= 15 is 0 Å². The zero-order valence-corrected chi connectivity index (χ0v) is 8.14. The predicted octanol–water partition coefficient (Wildman–Crippen LogP) is 1.07. The van der Waals surface area contributed by atoms with Gasteiger partial charge in [-0.1, -0.05) is 13.8 Å². The second kappa shape index (κ2) is 3.14. The van der Waals surface area contributed by atoms with Gasteiger partial charge in [-0.05, 0) is 11.8 Å². The Morgan fingerprint density at radius 2 is 2.38 bits per heavy atom. The molecule has 0 bridgehead atoms. The molecule has 13 heavy (non-hydrogen) atoms. The molecule has 1 N–H and O–H groups in total. The fraction of sp³-hybridized carbons (Fsp3) is 0.700. The number of rotatable bonds is 1. The van der Waals surface area contributed by atoms with Gasteiger partial charge in [0, 0.05) is 18.8 Å². The summed E-state index contributed by atoms with van der Waals surface area (Å²) in [5, 5.41) is 9.86. The van der Waals surface area contributed by atoms with Crippen molar-refractivity contribution in [1.82, 2.24) is 9.55 Å². The van der Waals surface area contributed by atoms with Crippen LogP contribution in [0.3, 0.4) is 0 Å². The summed E-state index contributed by atoms with van der Waals surface area (Å²) >= 11 is 0. The first-order valence-corrected chi connectivity index (χ1v) is 4.86. The lowest BCUT2D eigenvalue weighted by Crippen LogP contribution is -2.36. The molecule has 0 amide bonds. The number of aliphatic hydroxyl groups excluding tert-OH is 1. The van der Waals surface area contributed by atoms with Gasteiger partial charge in [-0.15, -0.1) is 0 Å². The Bertz CT molecular complexity index is 293. The number of fused-ring (bicyclic) bond motifs is 1. The van der Waals surface area contributed by atoms with Crippen LogP contribution in [0, 0.1) is 11.8 Å². The van der Waals surface area contributed by atoms with Crippen LogP contribution in [0.2, 0.25) is 0 Å². The first-order chi connectivity index (χ1) is 6.18. The minimum absolute atomic E-state index is 0.207. The van der Waals surface area contributed by atoms with E-state index in [-0.39, 0.29) is 6.10 Å². The third kappa shape index (κ3) is 1.48. The molecule has 3 heteroatoms. The number of nitrogens with zero attached hydrogens (tertiary/aromatic N) is 2. The lowest BCUT2D eigenvalue weighted by molar-refractivity contribution is 0.0497. The quantitative estimate of drug-likeness (QED) is 0.702. The van der Waals surface area contributed by atoms with Crippen molar-refractivity contribution >= 4 is 0 Å². The second-order valence-electron chi connectivity index (χ2n) is 4.18. The molecule has 0 saturated carbocycles. The molecule has 0 radical (unpaired) electrons. The van der Waals surface area contributed by atoms with Gasteiger partial charge >= 0.3 is 0 Å². The molecule has 1 aromatic heterocycles. The smallest absolute Gasteiger partial charge is 0.109 e. The minimum Gasteiger partial charge on any atom is -0.391 e. The van der Waals surface area contributed by atoms with Crippen LogP contribution in [0.1, 0.15) is 19.7 Å². The average molecular weight is 180 g/mol. The van der Waals surface area contributed by atoms with E-state index in [2.05, 4.69) is 18.8 Å². The first kappa shape index (κ1) is 8.75. The molecule has 2 heterocycles. The summed E-state index contributed by atoms with van der Waals surface area (Å²) in [4.78, 5) is 4.28. The summed E-state index contributed by atoms with van der Waals surface area (Å²) in [6.45, 7) is 5.02. The molecular weight excluding hydrogens is 164 g/mol. The van der Waals surface area contributed by atoms with Gasteiger partial charge < -0.3 is 9.67 Å². The topological polar surface area (TPSA) is 38.0 Å². The Kier molecular flexibility index (Phi) is 2.12. The SMILES string of the molecule is CC(C)C1Cc2nccn2CC1O. The highest BCUT2D eigenvalue weighted by Gasteiger charge is 2.29. The maximum atomic E-state index is 9.86. The standard InChI is InChI=1S/C10H16N2O/c1-7(2)8-5-10-11-3-4-12(10)6-9(8)13/h3-4,7-9,13H,5-6H2,1-2H3. The second-order valence-corrected chi connectivity index (χ2v) is 4.18. The monoisotopic (exact) mass is 180 g/mol. The Hall–Kier alpha value is -0.830. The van der Waals surface area contributed by atoms with E-state index < -0.39 is 0 Å². The van der Waals surface area contributed by atoms with Crippen molar-refractivity contribution < 1.29 is 5.11 Å². The summed E-state index contributed by atoms with van der Waals surface area (Å²) in [5.41, 5.74) is 0. The van der Waals surface area contributed by atoms with Crippen LogP contribution in [0.25, 0.3) is 0 Å². The lowest BCUT2D eigenvalue weighted by Gasteiger charge is -2.31. The van der Waals surface area contributed by atoms with E-state index in [1.165, 1.54) is 0 Å². The minimum atomic E-state index is -0.207. The lowest BCUT2D eigenvalue weighted by atomic mass is 9.85. The molecule has 2 atom stereocenters. The summed E-state index contributed by atoms with van der Waals surface area (Å²) in [5.74, 6) is 2.01. The van der Waals surface area contributed by atoms with Crippen LogP contribution in [-0.2, 0) is 13.0 Å². The van der Waals surface area contributed by atoms with Crippen LogP contribution in [0.5, 0.6) is 0 Å². The van der Waals surface area contributed by atoms with Crippen molar-refractivity contribution in [1.29, 1.82) is 0 Å². The zero-order chi connectivity index (χ0) is 9.42. The molecule has 1 aliphatic heterocycles. The maximum absolute atomic E-state index is 9.86. The van der Waals surface area contributed by atoms with Crippen LogP contribution >= 0.6 is 0 Å². The highest BCUT2D eigenvalue weighted by Crippen LogP contribution is 2.25. The summed E-state index contributed by atoms with van der Waals surface area (Å²) in [6.07, 6.45) is 4.45. The van der Waals surface area contributed by atoms with Gasteiger partial charge in [0.25, 0.3) is 0 Å². The van der Waals surface area contributed by atoms with Crippen molar-refractivity contribution in [3.05, 3.63) is 18.2 Å². The van der Waals surface area contributed by atoms with Crippen LogP contribution in [-0.4, -0.2) is 20.8 Å².